The van der Waals surface area contributed by atoms with Crippen molar-refractivity contribution in [2.75, 3.05) is 7.11 Å². The summed E-state index contributed by atoms with van der Waals surface area (Å²) in [6.45, 7) is 0. The molecule has 0 saturated carbocycles. The summed E-state index contributed by atoms with van der Waals surface area (Å²) >= 11 is 0. The summed E-state index contributed by atoms with van der Waals surface area (Å²) in [6, 6.07) is 8.98. The average Bonchev–Trinajstić information content (AvgIpc) is 3.18. The van der Waals surface area contributed by atoms with E-state index in [9.17, 15) is 18.0 Å². The lowest BCUT2D eigenvalue weighted by molar-refractivity contribution is -0.138. The fraction of sp³-hybridized carbons (Fsp3) is 0.286. The van der Waals surface area contributed by atoms with Gasteiger partial charge in [0, 0.05) is 17.5 Å². The molecule has 0 spiro atoms. The molecule has 9 heteroatoms. The summed E-state index contributed by atoms with van der Waals surface area (Å²) in [5, 5.41) is 7.15. The molecule has 2 heterocycles. The lowest BCUT2D eigenvalue weighted by atomic mass is 9.92. The highest BCUT2D eigenvalue weighted by molar-refractivity contribution is 5.94. The van der Waals surface area contributed by atoms with Gasteiger partial charge in [-0.3, -0.25) is 9.78 Å². The molecular weight excluding hydrogens is 397 g/mol. The molecular formula is C21H19F3N4O2. The Balaban J connectivity index is 1.60. The number of halogens is 3. The molecule has 30 heavy (non-hydrogen) atoms. The van der Waals surface area contributed by atoms with Crippen LogP contribution in [0.1, 0.15) is 46.2 Å². The van der Waals surface area contributed by atoms with E-state index < -0.39 is 29.4 Å². The smallest absolute Gasteiger partial charge is 0.418 e. The number of nitrogens with zero attached hydrogens (tertiary/aromatic N) is 3. The van der Waals surface area contributed by atoms with E-state index in [1.54, 1.807) is 18.0 Å². The van der Waals surface area contributed by atoms with Crippen LogP contribution in [-0.2, 0) is 12.6 Å². The summed E-state index contributed by atoms with van der Waals surface area (Å²) in [4.78, 5) is 16.3. The Bertz CT molecular complexity index is 1060. The van der Waals surface area contributed by atoms with E-state index in [1.807, 2.05) is 24.3 Å². The number of methoxy groups -OCH3 is 1. The molecule has 0 radical (unpaired) electrons. The standard InChI is InChI=1S/C21H19F3N4O2/c1-30-14-9-7-13(8-10-14)28-18-6-2-5-17(15(18)12-26-28)27-20(29)19-16(21(22,23)24)4-3-11-25-19/h3-4,7-12,17H,2,5-6H2,1H3,(H,27,29). The molecule has 1 N–H and O–H groups in total. The van der Waals surface area contributed by atoms with E-state index in [0.717, 1.165) is 47.7 Å². The molecule has 1 amide bonds. The van der Waals surface area contributed by atoms with Gasteiger partial charge in [0.25, 0.3) is 5.91 Å². The number of carbonyl (C=O) groups excluding carboxylic acids is 1. The molecule has 3 aromatic rings. The predicted molar refractivity (Wildman–Crippen MR) is 103 cm³/mol. The van der Waals surface area contributed by atoms with E-state index in [4.69, 9.17) is 4.74 Å². The molecule has 1 aliphatic carbocycles. The minimum Gasteiger partial charge on any atom is -0.497 e. The van der Waals surface area contributed by atoms with Crippen molar-refractivity contribution in [2.24, 2.45) is 0 Å². The number of alkyl halides is 3. The number of fused-ring (bicyclic) bond motifs is 1. The zero-order chi connectivity index (χ0) is 21.3. The van der Waals surface area contributed by atoms with Crippen molar-refractivity contribution >= 4 is 5.91 Å². The number of nitrogens with one attached hydrogen (secondary N) is 1. The Labute approximate surface area is 170 Å². The van der Waals surface area contributed by atoms with E-state index >= 15 is 0 Å². The van der Waals surface area contributed by atoms with Crippen molar-refractivity contribution < 1.29 is 22.7 Å². The number of carbonyl (C=O) groups is 1. The zero-order valence-electron chi connectivity index (χ0n) is 16.1. The van der Waals surface area contributed by atoms with Gasteiger partial charge in [0.05, 0.1) is 30.6 Å². The van der Waals surface area contributed by atoms with Crippen molar-refractivity contribution in [2.45, 2.75) is 31.5 Å². The number of aromatic nitrogens is 3. The van der Waals surface area contributed by atoms with Crippen molar-refractivity contribution in [3.63, 3.8) is 0 Å². The SMILES string of the molecule is COc1ccc(-n2ncc3c2CCCC3NC(=O)c2ncccc2C(F)(F)F)cc1. The summed E-state index contributed by atoms with van der Waals surface area (Å²) in [7, 11) is 1.59. The van der Waals surface area contributed by atoms with Gasteiger partial charge in [0.2, 0.25) is 0 Å². The minimum absolute atomic E-state index is 0.434. The van der Waals surface area contributed by atoms with Crippen LogP contribution >= 0.6 is 0 Å². The fourth-order valence-corrected chi connectivity index (χ4v) is 3.69. The molecule has 1 aliphatic rings. The van der Waals surface area contributed by atoms with Crippen LogP contribution in [0.5, 0.6) is 5.75 Å². The van der Waals surface area contributed by atoms with Crippen LogP contribution in [0.15, 0.2) is 48.8 Å². The second-order valence-electron chi connectivity index (χ2n) is 6.97. The molecule has 156 valence electrons. The number of hydrogen-bond donors (Lipinski definition) is 1. The molecule has 1 atom stereocenters. The van der Waals surface area contributed by atoms with Crippen LogP contribution in [0.2, 0.25) is 0 Å². The zero-order valence-corrected chi connectivity index (χ0v) is 16.1. The van der Waals surface area contributed by atoms with Crippen LogP contribution in [0.4, 0.5) is 13.2 Å². The molecule has 0 saturated heterocycles. The van der Waals surface area contributed by atoms with Crippen molar-refractivity contribution in [3.05, 3.63) is 71.3 Å². The molecule has 4 rings (SSSR count). The Hall–Kier alpha value is -3.36. The molecule has 6 nitrogen and oxygen atoms in total. The minimum atomic E-state index is -4.65. The molecule has 0 aliphatic heterocycles. The third kappa shape index (κ3) is 3.74. The highest BCUT2D eigenvalue weighted by Gasteiger charge is 2.37. The van der Waals surface area contributed by atoms with Crippen LogP contribution in [0, 0.1) is 0 Å². The first-order valence-electron chi connectivity index (χ1n) is 9.43. The van der Waals surface area contributed by atoms with Gasteiger partial charge in [-0.05, 0) is 55.7 Å². The van der Waals surface area contributed by atoms with Gasteiger partial charge < -0.3 is 10.1 Å². The first kappa shape index (κ1) is 19.9. The van der Waals surface area contributed by atoms with Gasteiger partial charge in [0.1, 0.15) is 11.4 Å². The number of benzene rings is 1. The summed E-state index contributed by atoms with van der Waals surface area (Å²) in [5.74, 6) is -0.126. The van der Waals surface area contributed by atoms with Gasteiger partial charge in [-0.1, -0.05) is 0 Å². The molecule has 0 bridgehead atoms. The Morgan fingerprint density at radius 2 is 2.00 bits per heavy atom. The Kier molecular flexibility index (Phi) is 5.19. The third-order valence-corrected chi connectivity index (χ3v) is 5.13. The summed E-state index contributed by atoms with van der Waals surface area (Å²) in [5.41, 5.74) is 0.893. The topological polar surface area (TPSA) is 69.0 Å². The third-order valence-electron chi connectivity index (χ3n) is 5.13. The lowest BCUT2D eigenvalue weighted by Crippen LogP contribution is -2.33. The molecule has 2 aromatic heterocycles. The van der Waals surface area contributed by atoms with Gasteiger partial charge in [-0.15, -0.1) is 0 Å². The van der Waals surface area contributed by atoms with Crippen molar-refractivity contribution in [3.8, 4) is 11.4 Å². The number of pyridine rings is 1. The Morgan fingerprint density at radius 3 is 2.70 bits per heavy atom. The molecule has 1 aromatic carbocycles. The van der Waals surface area contributed by atoms with E-state index in [1.165, 1.54) is 6.20 Å². The van der Waals surface area contributed by atoms with Crippen LogP contribution < -0.4 is 10.1 Å². The summed E-state index contributed by atoms with van der Waals surface area (Å²) in [6.07, 6.45) is 0.323. The van der Waals surface area contributed by atoms with Crippen LogP contribution in [-0.4, -0.2) is 27.8 Å². The maximum absolute atomic E-state index is 13.2. The quantitative estimate of drug-likeness (QED) is 0.695. The lowest BCUT2D eigenvalue weighted by Gasteiger charge is -2.24. The number of ether oxygens (including phenoxy) is 1. The highest BCUT2D eigenvalue weighted by atomic mass is 19.4. The van der Waals surface area contributed by atoms with E-state index in [2.05, 4.69) is 15.4 Å². The maximum Gasteiger partial charge on any atom is 0.418 e. The second-order valence-corrected chi connectivity index (χ2v) is 6.97. The van der Waals surface area contributed by atoms with E-state index in [-0.39, 0.29) is 0 Å². The summed E-state index contributed by atoms with van der Waals surface area (Å²) < 4.78 is 46.6. The number of amides is 1. The van der Waals surface area contributed by atoms with Gasteiger partial charge in [-0.25, -0.2) is 4.68 Å². The number of hydrogen-bond acceptors (Lipinski definition) is 4. The van der Waals surface area contributed by atoms with Gasteiger partial charge in [0.15, 0.2) is 0 Å². The normalized spacial score (nSPS) is 16.1. The first-order valence-corrected chi connectivity index (χ1v) is 9.43. The fourth-order valence-electron chi connectivity index (χ4n) is 3.69. The molecule has 0 fully saturated rings. The van der Waals surface area contributed by atoms with Gasteiger partial charge in [-0.2, -0.15) is 18.3 Å². The molecule has 1 unspecified atom stereocenters. The maximum atomic E-state index is 13.2. The van der Waals surface area contributed by atoms with Gasteiger partial charge >= 0.3 is 6.18 Å². The largest absolute Gasteiger partial charge is 0.497 e. The van der Waals surface area contributed by atoms with Crippen molar-refractivity contribution in [1.82, 2.24) is 20.1 Å². The predicted octanol–water partition coefficient (Wildman–Crippen LogP) is 4.10. The second kappa shape index (κ2) is 7.81. The van der Waals surface area contributed by atoms with Crippen LogP contribution in [0.3, 0.4) is 0 Å². The van der Waals surface area contributed by atoms with Crippen LogP contribution in [0.25, 0.3) is 5.69 Å². The first-order chi connectivity index (χ1) is 14.4. The average molecular weight is 416 g/mol. The van der Waals surface area contributed by atoms with Crippen molar-refractivity contribution in [1.29, 1.82) is 0 Å². The monoisotopic (exact) mass is 416 g/mol. The van der Waals surface area contributed by atoms with E-state index in [0.29, 0.717) is 6.42 Å². The Morgan fingerprint density at radius 1 is 1.23 bits per heavy atom. The number of rotatable bonds is 4. The highest BCUT2D eigenvalue weighted by Crippen LogP contribution is 2.33.